The van der Waals surface area contributed by atoms with Crippen molar-refractivity contribution in [3.8, 4) is 28.5 Å². The SMILES string of the molecule is COc1cc(OC)c(-c2nc3cnccn3c2NCc2ccco2)cc1OC. The Morgan fingerprint density at radius 2 is 1.86 bits per heavy atom. The summed E-state index contributed by atoms with van der Waals surface area (Å²) in [6, 6.07) is 7.40. The van der Waals surface area contributed by atoms with Crippen molar-refractivity contribution in [1.82, 2.24) is 14.4 Å². The predicted molar refractivity (Wildman–Crippen MR) is 104 cm³/mol. The van der Waals surface area contributed by atoms with E-state index in [4.69, 9.17) is 23.6 Å². The highest BCUT2D eigenvalue weighted by Crippen LogP contribution is 2.42. The van der Waals surface area contributed by atoms with Crippen LogP contribution in [-0.4, -0.2) is 35.7 Å². The molecule has 8 heteroatoms. The van der Waals surface area contributed by atoms with Crippen molar-refractivity contribution >= 4 is 11.5 Å². The van der Waals surface area contributed by atoms with Crippen LogP contribution in [0.15, 0.2) is 53.5 Å². The van der Waals surface area contributed by atoms with Crippen LogP contribution in [0, 0.1) is 0 Å². The molecule has 1 N–H and O–H groups in total. The van der Waals surface area contributed by atoms with Gasteiger partial charge in [0.25, 0.3) is 0 Å². The van der Waals surface area contributed by atoms with Gasteiger partial charge in [0.1, 0.15) is 23.0 Å². The molecule has 0 aliphatic heterocycles. The molecular formula is C20H20N4O4. The molecule has 0 aliphatic carbocycles. The largest absolute Gasteiger partial charge is 0.496 e. The number of anilines is 1. The standard InChI is InChI=1S/C20H20N4O4/c1-25-15-10-17(27-3)16(26-2)9-14(15)19-20(22-11-13-5-4-8-28-13)24-7-6-21-12-18(24)23-19/h4-10,12,22H,11H2,1-3H3. The number of fused-ring (bicyclic) bond motifs is 1. The topological polar surface area (TPSA) is 83.1 Å². The smallest absolute Gasteiger partial charge is 0.164 e. The van der Waals surface area contributed by atoms with E-state index < -0.39 is 0 Å². The first-order valence-electron chi connectivity index (χ1n) is 8.64. The summed E-state index contributed by atoms with van der Waals surface area (Å²) in [6.07, 6.45) is 6.91. The van der Waals surface area contributed by atoms with Gasteiger partial charge in [-0.1, -0.05) is 0 Å². The van der Waals surface area contributed by atoms with Gasteiger partial charge in [-0.05, 0) is 18.2 Å². The summed E-state index contributed by atoms with van der Waals surface area (Å²) < 4.78 is 23.8. The summed E-state index contributed by atoms with van der Waals surface area (Å²) in [5.41, 5.74) is 2.18. The van der Waals surface area contributed by atoms with Gasteiger partial charge in [0.05, 0.1) is 40.3 Å². The van der Waals surface area contributed by atoms with Crippen LogP contribution in [0.5, 0.6) is 17.2 Å². The third-order valence-electron chi connectivity index (χ3n) is 4.40. The molecule has 1 aromatic carbocycles. The fourth-order valence-corrected chi connectivity index (χ4v) is 3.06. The lowest BCUT2D eigenvalue weighted by Crippen LogP contribution is -2.03. The van der Waals surface area contributed by atoms with E-state index in [1.54, 1.807) is 46.1 Å². The highest BCUT2D eigenvalue weighted by atomic mass is 16.5. The number of methoxy groups -OCH3 is 3. The van der Waals surface area contributed by atoms with Crippen molar-refractivity contribution in [1.29, 1.82) is 0 Å². The normalized spacial score (nSPS) is 10.8. The highest BCUT2D eigenvalue weighted by molar-refractivity contribution is 5.82. The van der Waals surface area contributed by atoms with E-state index in [2.05, 4.69) is 10.3 Å². The molecule has 8 nitrogen and oxygen atoms in total. The summed E-state index contributed by atoms with van der Waals surface area (Å²) in [5.74, 6) is 3.40. The zero-order valence-electron chi connectivity index (χ0n) is 15.8. The minimum Gasteiger partial charge on any atom is -0.496 e. The molecule has 0 aliphatic rings. The molecule has 0 amide bonds. The zero-order chi connectivity index (χ0) is 19.5. The number of hydrogen-bond donors (Lipinski definition) is 1. The van der Waals surface area contributed by atoms with E-state index in [0.717, 1.165) is 17.1 Å². The predicted octanol–water partition coefficient (Wildman–Crippen LogP) is 3.63. The number of benzene rings is 1. The Balaban J connectivity index is 1.87. The van der Waals surface area contributed by atoms with Crippen molar-refractivity contribution in [3.05, 3.63) is 54.9 Å². The van der Waals surface area contributed by atoms with Crippen LogP contribution in [0.2, 0.25) is 0 Å². The monoisotopic (exact) mass is 380 g/mol. The summed E-state index contributed by atoms with van der Waals surface area (Å²) in [7, 11) is 4.79. The molecule has 0 spiro atoms. The van der Waals surface area contributed by atoms with Gasteiger partial charge in [-0.3, -0.25) is 9.38 Å². The Bertz CT molecular complexity index is 1090. The van der Waals surface area contributed by atoms with Crippen LogP contribution in [-0.2, 0) is 6.54 Å². The van der Waals surface area contributed by atoms with Gasteiger partial charge in [-0.15, -0.1) is 0 Å². The van der Waals surface area contributed by atoms with E-state index in [9.17, 15) is 0 Å². The summed E-state index contributed by atoms with van der Waals surface area (Å²) >= 11 is 0. The number of furan rings is 1. The fourth-order valence-electron chi connectivity index (χ4n) is 3.06. The van der Waals surface area contributed by atoms with Gasteiger partial charge in [0, 0.05) is 24.0 Å². The summed E-state index contributed by atoms with van der Waals surface area (Å²) in [5, 5.41) is 3.41. The molecule has 3 aromatic heterocycles. The second-order valence-electron chi connectivity index (χ2n) is 5.95. The van der Waals surface area contributed by atoms with Crippen LogP contribution >= 0.6 is 0 Å². The third-order valence-corrected chi connectivity index (χ3v) is 4.40. The number of hydrogen-bond acceptors (Lipinski definition) is 7. The van der Waals surface area contributed by atoms with Gasteiger partial charge in [0.2, 0.25) is 0 Å². The minimum atomic E-state index is 0.506. The van der Waals surface area contributed by atoms with Crippen molar-refractivity contribution in [2.45, 2.75) is 6.54 Å². The second kappa shape index (κ2) is 7.51. The Morgan fingerprint density at radius 3 is 2.57 bits per heavy atom. The molecule has 0 saturated carbocycles. The molecule has 0 saturated heterocycles. The van der Waals surface area contributed by atoms with E-state index in [1.165, 1.54) is 0 Å². The zero-order valence-corrected chi connectivity index (χ0v) is 15.8. The van der Waals surface area contributed by atoms with E-state index >= 15 is 0 Å². The van der Waals surface area contributed by atoms with Crippen molar-refractivity contribution in [2.75, 3.05) is 26.6 Å². The number of aromatic nitrogens is 3. The Kier molecular flexibility index (Phi) is 4.76. The number of imidazole rings is 1. The van der Waals surface area contributed by atoms with Gasteiger partial charge >= 0.3 is 0 Å². The van der Waals surface area contributed by atoms with E-state index in [0.29, 0.717) is 35.1 Å². The van der Waals surface area contributed by atoms with Crippen LogP contribution in [0.25, 0.3) is 16.9 Å². The Hall–Kier alpha value is -3.68. The van der Waals surface area contributed by atoms with Gasteiger partial charge in [-0.2, -0.15) is 0 Å². The highest BCUT2D eigenvalue weighted by Gasteiger charge is 2.21. The van der Waals surface area contributed by atoms with Crippen molar-refractivity contribution < 1.29 is 18.6 Å². The molecule has 4 aromatic rings. The number of nitrogens with zero attached hydrogens (tertiary/aromatic N) is 3. The maximum atomic E-state index is 5.60. The number of ether oxygens (including phenoxy) is 3. The molecule has 144 valence electrons. The molecular weight excluding hydrogens is 360 g/mol. The maximum Gasteiger partial charge on any atom is 0.164 e. The molecule has 0 fully saturated rings. The molecule has 0 unspecified atom stereocenters. The summed E-state index contributed by atoms with van der Waals surface area (Å²) in [4.78, 5) is 8.92. The molecule has 0 radical (unpaired) electrons. The molecule has 0 bridgehead atoms. The number of rotatable bonds is 7. The van der Waals surface area contributed by atoms with Gasteiger partial charge in [0.15, 0.2) is 17.1 Å². The van der Waals surface area contributed by atoms with Crippen LogP contribution < -0.4 is 19.5 Å². The lowest BCUT2D eigenvalue weighted by Gasteiger charge is -2.14. The third kappa shape index (κ3) is 3.09. The fraction of sp³-hybridized carbons (Fsp3) is 0.200. The number of nitrogens with one attached hydrogen (secondary N) is 1. The van der Waals surface area contributed by atoms with Crippen molar-refractivity contribution in [2.24, 2.45) is 0 Å². The first-order chi connectivity index (χ1) is 13.7. The lowest BCUT2D eigenvalue weighted by molar-refractivity contribution is 0.349. The lowest BCUT2D eigenvalue weighted by atomic mass is 10.1. The molecule has 28 heavy (non-hydrogen) atoms. The average molecular weight is 380 g/mol. The maximum absolute atomic E-state index is 5.60. The summed E-state index contributed by atoms with van der Waals surface area (Å²) in [6.45, 7) is 0.506. The average Bonchev–Trinajstić information content (AvgIpc) is 3.38. The molecule has 4 rings (SSSR count). The molecule has 3 heterocycles. The first-order valence-corrected chi connectivity index (χ1v) is 8.64. The van der Waals surface area contributed by atoms with Crippen LogP contribution in [0.4, 0.5) is 5.82 Å². The quantitative estimate of drug-likeness (QED) is 0.524. The van der Waals surface area contributed by atoms with Crippen molar-refractivity contribution in [3.63, 3.8) is 0 Å². The van der Waals surface area contributed by atoms with E-state index in [-0.39, 0.29) is 0 Å². The Labute approximate surface area is 161 Å². The molecule has 0 atom stereocenters. The first kappa shape index (κ1) is 17.7. The minimum absolute atomic E-state index is 0.506. The second-order valence-corrected chi connectivity index (χ2v) is 5.95. The van der Waals surface area contributed by atoms with Gasteiger partial charge < -0.3 is 23.9 Å². The van der Waals surface area contributed by atoms with E-state index in [1.807, 2.05) is 28.8 Å². The van der Waals surface area contributed by atoms with Crippen LogP contribution in [0.1, 0.15) is 5.76 Å². The van der Waals surface area contributed by atoms with Gasteiger partial charge in [-0.25, -0.2) is 4.98 Å². The Morgan fingerprint density at radius 1 is 1.07 bits per heavy atom. The van der Waals surface area contributed by atoms with Crippen LogP contribution in [0.3, 0.4) is 0 Å².